The van der Waals surface area contributed by atoms with E-state index in [4.69, 9.17) is 5.73 Å². The van der Waals surface area contributed by atoms with E-state index < -0.39 is 0 Å². The number of nitrogen functional groups attached to an aromatic ring is 1. The minimum atomic E-state index is 0.858. The zero-order chi connectivity index (χ0) is 11.1. The Morgan fingerprint density at radius 3 is 2.44 bits per heavy atom. The topological polar surface area (TPSA) is 26.0 Å². The van der Waals surface area contributed by atoms with E-state index in [0.717, 1.165) is 12.1 Å². The first-order valence-corrected chi connectivity index (χ1v) is 6.56. The number of anilines is 1. The largest absolute Gasteiger partial charge is 0.399 e. The molecule has 0 bridgehead atoms. The highest BCUT2D eigenvalue weighted by Crippen LogP contribution is 2.38. The molecular weight excluding hydrogens is 214 g/mol. The minimum Gasteiger partial charge on any atom is -0.399 e. The molecule has 0 aliphatic heterocycles. The maximum Gasteiger partial charge on any atom is 0.0317 e. The van der Waals surface area contributed by atoms with E-state index in [2.05, 4.69) is 36.6 Å². The number of hydrogen-bond donors (Lipinski definition) is 1. The van der Waals surface area contributed by atoms with Crippen LogP contribution < -0.4 is 5.73 Å². The number of nitrogens with two attached hydrogens (primary N) is 1. The molecule has 1 aliphatic carbocycles. The first-order valence-electron chi connectivity index (χ1n) is 5.33. The fourth-order valence-electron chi connectivity index (χ4n) is 2.33. The first kappa shape index (κ1) is 9.79. The predicted octanol–water partition coefficient (Wildman–Crippen LogP) is 3.56. The SMILES string of the molecule is CSc1ccc2c(c1)Cc1cc(N)ccc1-2. The summed E-state index contributed by atoms with van der Waals surface area (Å²) in [6.45, 7) is 0. The lowest BCUT2D eigenvalue weighted by molar-refractivity contribution is 1.24. The Labute approximate surface area is 99.7 Å². The highest BCUT2D eigenvalue weighted by Gasteiger charge is 2.18. The second kappa shape index (κ2) is 3.56. The molecule has 0 heterocycles. The van der Waals surface area contributed by atoms with Gasteiger partial charge in [0.15, 0.2) is 0 Å². The number of benzene rings is 2. The van der Waals surface area contributed by atoms with E-state index in [-0.39, 0.29) is 0 Å². The number of hydrogen-bond acceptors (Lipinski definition) is 2. The molecule has 1 aliphatic rings. The van der Waals surface area contributed by atoms with Crippen LogP contribution in [0.4, 0.5) is 5.69 Å². The molecule has 2 N–H and O–H groups in total. The summed E-state index contributed by atoms with van der Waals surface area (Å²) in [7, 11) is 0. The molecule has 0 amide bonds. The van der Waals surface area contributed by atoms with Crippen LogP contribution in [-0.4, -0.2) is 6.26 Å². The fourth-order valence-corrected chi connectivity index (χ4v) is 2.80. The van der Waals surface area contributed by atoms with E-state index in [1.165, 1.54) is 27.1 Å². The second-order valence-electron chi connectivity index (χ2n) is 4.12. The van der Waals surface area contributed by atoms with Crippen LogP contribution in [0.5, 0.6) is 0 Å². The predicted molar refractivity (Wildman–Crippen MR) is 70.9 cm³/mol. The highest BCUT2D eigenvalue weighted by atomic mass is 32.2. The summed E-state index contributed by atoms with van der Waals surface area (Å²) in [5.41, 5.74) is 12.2. The zero-order valence-corrected chi connectivity index (χ0v) is 9.97. The Hall–Kier alpha value is -1.41. The molecule has 0 radical (unpaired) electrons. The Morgan fingerprint density at radius 2 is 1.69 bits per heavy atom. The molecule has 0 atom stereocenters. The van der Waals surface area contributed by atoms with Crippen LogP contribution in [0.15, 0.2) is 41.3 Å². The lowest BCUT2D eigenvalue weighted by Gasteiger charge is -2.02. The molecule has 2 aromatic rings. The van der Waals surface area contributed by atoms with Crippen LogP contribution >= 0.6 is 11.8 Å². The van der Waals surface area contributed by atoms with Gasteiger partial charge in [-0.1, -0.05) is 12.1 Å². The molecule has 0 saturated carbocycles. The third-order valence-electron chi connectivity index (χ3n) is 3.11. The van der Waals surface area contributed by atoms with Gasteiger partial charge in [-0.25, -0.2) is 0 Å². The molecule has 1 nitrogen and oxygen atoms in total. The number of thioether (sulfide) groups is 1. The average molecular weight is 227 g/mol. The van der Waals surface area contributed by atoms with Crippen molar-refractivity contribution in [1.82, 2.24) is 0 Å². The van der Waals surface area contributed by atoms with Crippen molar-refractivity contribution in [2.24, 2.45) is 0 Å². The van der Waals surface area contributed by atoms with Crippen molar-refractivity contribution in [2.75, 3.05) is 12.0 Å². The maximum atomic E-state index is 5.82. The van der Waals surface area contributed by atoms with Gasteiger partial charge < -0.3 is 5.73 Å². The molecule has 2 heteroatoms. The third kappa shape index (κ3) is 1.41. The van der Waals surface area contributed by atoms with Crippen LogP contribution in [-0.2, 0) is 6.42 Å². The van der Waals surface area contributed by atoms with E-state index in [9.17, 15) is 0 Å². The monoisotopic (exact) mass is 227 g/mol. The summed E-state index contributed by atoms with van der Waals surface area (Å²) in [4.78, 5) is 1.33. The molecule has 0 aromatic heterocycles. The lowest BCUT2D eigenvalue weighted by atomic mass is 10.1. The quantitative estimate of drug-likeness (QED) is 0.508. The molecule has 16 heavy (non-hydrogen) atoms. The molecule has 0 unspecified atom stereocenters. The Morgan fingerprint density at radius 1 is 1.00 bits per heavy atom. The highest BCUT2D eigenvalue weighted by molar-refractivity contribution is 7.98. The van der Waals surface area contributed by atoms with Gasteiger partial charge >= 0.3 is 0 Å². The van der Waals surface area contributed by atoms with Crippen molar-refractivity contribution in [3.63, 3.8) is 0 Å². The summed E-state index contributed by atoms with van der Waals surface area (Å²) in [6, 6.07) is 12.9. The van der Waals surface area contributed by atoms with E-state index in [0.29, 0.717) is 0 Å². The summed E-state index contributed by atoms with van der Waals surface area (Å²) in [5, 5.41) is 0. The number of rotatable bonds is 1. The smallest absolute Gasteiger partial charge is 0.0317 e. The molecule has 0 spiro atoms. The molecule has 3 rings (SSSR count). The van der Waals surface area contributed by atoms with Crippen LogP contribution in [0.1, 0.15) is 11.1 Å². The Kier molecular flexibility index (Phi) is 2.18. The van der Waals surface area contributed by atoms with Crippen molar-refractivity contribution in [3.8, 4) is 11.1 Å². The summed E-state index contributed by atoms with van der Waals surface area (Å²) in [6.07, 6.45) is 3.13. The Bertz CT molecular complexity index is 561. The molecular formula is C14H13NS. The summed E-state index contributed by atoms with van der Waals surface area (Å²) < 4.78 is 0. The van der Waals surface area contributed by atoms with E-state index >= 15 is 0 Å². The van der Waals surface area contributed by atoms with Crippen LogP contribution in [0.2, 0.25) is 0 Å². The van der Waals surface area contributed by atoms with Crippen molar-refractivity contribution in [3.05, 3.63) is 47.5 Å². The standard InChI is InChI=1S/C14H13NS/c1-16-12-3-5-14-10(8-12)6-9-7-11(15)2-4-13(9)14/h2-5,7-8H,6,15H2,1H3. The summed E-state index contributed by atoms with van der Waals surface area (Å²) in [5.74, 6) is 0. The maximum absolute atomic E-state index is 5.82. The van der Waals surface area contributed by atoms with Gasteiger partial charge in [0.1, 0.15) is 0 Å². The van der Waals surface area contributed by atoms with Crippen molar-refractivity contribution in [1.29, 1.82) is 0 Å². The first-order chi connectivity index (χ1) is 7.78. The average Bonchev–Trinajstić information content (AvgIpc) is 2.64. The fraction of sp³-hybridized carbons (Fsp3) is 0.143. The second-order valence-corrected chi connectivity index (χ2v) is 5.00. The Balaban J connectivity index is 2.16. The van der Waals surface area contributed by atoms with Crippen LogP contribution in [0.3, 0.4) is 0 Å². The van der Waals surface area contributed by atoms with E-state index in [1.807, 2.05) is 6.07 Å². The summed E-state index contributed by atoms with van der Waals surface area (Å²) >= 11 is 1.79. The molecule has 2 aromatic carbocycles. The normalized spacial score (nSPS) is 12.3. The lowest BCUT2D eigenvalue weighted by Crippen LogP contribution is -1.86. The van der Waals surface area contributed by atoms with Gasteiger partial charge in [-0.15, -0.1) is 11.8 Å². The van der Waals surface area contributed by atoms with Gasteiger partial charge in [-0.05, 0) is 59.2 Å². The van der Waals surface area contributed by atoms with Gasteiger partial charge in [0, 0.05) is 10.6 Å². The minimum absolute atomic E-state index is 0.858. The zero-order valence-electron chi connectivity index (χ0n) is 9.16. The molecule has 80 valence electrons. The van der Waals surface area contributed by atoms with E-state index in [1.54, 1.807) is 11.8 Å². The van der Waals surface area contributed by atoms with Gasteiger partial charge in [0.25, 0.3) is 0 Å². The third-order valence-corrected chi connectivity index (χ3v) is 3.84. The van der Waals surface area contributed by atoms with Crippen LogP contribution in [0.25, 0.3) is 11.1 Å². The van der Waals surface area contributed by atoms with Crippen molar-refractivity contribution < 1.29 is 0 Å². The van der Waals surface area contributed by atoms with Gasteiger partial charge in [-0.3, -0.25) is 0 Å². The molecule has 0 saturated heterocycles. The molecule has 0 fully saturated rings. The van der Waals surface area contributed by atoms with Crippen LogP contribution in [0, 0.1) is 0 Å². The number of fused-ring (bicyclic) bond motifs is 3. The van der Waals surface area contributed by atoms with Gasteiger partial charge in [0.05, 0.1) is 0 Å². The van der Waals surface area contributed by atoms with Gasteiger partial charge in [-0.2, -0.15) is 0 Å². The van der Waals surface area contributed by atoms with Gasteiger partial charge in [0.2, 0.25) is 0 Å². The van der Waals surface area contributed by atoms with Crippen molar-refractivity contribution in [2.45, 2.75) is 11.3 Å². The van der Waals surface area contributed by atoms with Crippen molar-refractivity contribution >= 4 is 17.4 Å².